The molecule has 0 aromatic heterocycles. The third kappa shape index (κ3) is 1.94. The molecule has 1 radical (unpaired) electrons. The van der Waals surface area contributed by atoms with E-state index in [0.717, 1.165) is 18.4 Å². The van der Waals surface area contributed by atoms with E-state index in [4.69, 9.17) is 0 Å². The van der Waals surface area contributed by atoms with Gasteiger partial charge >= 0.3 is 0 Å². The van der Waals surface area contributed by atoms with Crippen molar-refractivity contribution < 1.29 is 4.79 Å². The zero-order chi connectivity index (χ0) is 10.7. The summed E-state index contributed by atoms with van der Waals surface area (Å²) < 4.78 is 0. The second-order valence-corrected chi connectivity index (χ2v) is 3.75. The molecule has 1 unspecified atom stereocenters. The first-order valence-electron chi connectivity index (χ1n) is 5.23. The Kier molecular flexibility index (Phi) is 2.86. The standard InChI is InChI=1S/C13H14NO/c1-2-5-10-6-3-4-7-11(10)12-8-9-14-13(12)15/h2-4,6-7,12H,1,5,8-9H2. The van der Waals surface area contributed by atoms with E-state index in [1.54, 1.807) is 0 Å². The van der Waals surface area contributed by atoms with Crippen LogP contribution >= 0.6 is 0 Å². The summed E-state index contributed by atoms with van der Waals surface area (Å²) in [4.78, 5) is 11.5. The van der Waals surface area contributed by atoms with Crippen LogP contribution in [0.15, 0.2) is 36.9 Å². The molecule has 1 fully saturated rings. The van der Waals surface area contributed by atoms with Gasteiger partial charge in [-0.2, -0.15) is 0 Å². The molecule has 1 heterocycles. The topological polar surface area (TPSA) is 31.2 Å². The Balaban J connectivity index is 2.33. The predicted molar refractivity (Wildman–Crippen MR) is 59.7 cm³/mol. The molecule has 1 aliphatic heterocycles. The number of rotatable bonds is 3. The first-order chi connectivity index (χ1) is 7.33. The number of hydrogen-bond acceptors (Lipinski definition) is 1. The van der Waals surface area contributed by atoms with Crippen LogP contribution < -0.4 is 5.32 Å². The Morgan fingerprint density at radius 2 is 2.27 bits per heavy atom. The maximum atomic E-state index is 11.5. The van der Waals surface area contributed by atoms with Crippen molar-refractivity contribution in [1.82, 2.24) is 5.32 Å². The highest BCUT2D eigenvalue weighted by atomic mass is 16.2. The lowest BCUT2D eigenvalue weighted by molar-refractivity contribution is -0.120. The molecule has 0 spiro atoms. The summed E-state index contributed by atoms with van der Waals surface area (Å²) >= 11 is 0. The molecule has 1 aliphatic rings. The molecule has 15 heavy (non-hydrogen) atoms. The number of benzene rings is 1. The summed E-state index contributed by atoms with van der Waals surface area (Å²) in [5.74, 6) is 0.0210. The normalized spacial score (nSPS) is 20.0. The second-order valence-electron chi connectivity index (χ2n) is 3.75. The van der Waals surface area contributed by atoms with Crippen molar-refractivity contribution in [2.24, 2.45) is 0 Å². The van der Waals surface area contributed by atoms with E-state index < -0.39 is 0 Å². The number of amides is 1. The van der Waals surface area contributed by atoms with Gasteiger partial charge in [-0.05, 0) is 24.0 Å². The van der Waals surface area contributed by atoms with Crippen LogP contribution in [0.3, 0.4) is 0 Å². The Morgan fingerprint density at radius 3 is 2.93 bits per heavy atom. The number of carbonyl (C=O) groups is 1. The minimum Gasteiger partial charge on any atom is -0.272 e. The average molecular weight is 200 g/mol. The summed E-state index contributed by atoms with van der Waals surface area (Å²) in [7, 11) is 0. The molecule has 1 aromatic carbocycles. The van der Waals surface area contributed by atoms with Crippen molar-refractivity contribution in [2.45, 2.75) is 18.8 Å². The fourth-order valence-corrected chi connectivity index (χ4v) is 2.04. The van der Waals surface area contributed by atoms with Crippen LogP contribution in [-0.4, -0.2) is 12.5 Å². The molecule has 1 atom stereocenters. The van der Waals surface area contributed by atoms with Gasteiger partial charge in [0.1, 0.15) is 0 Å². The first kappa shape index (κ1) is 9.97. The highest BCUT2D eigenvalue weighted by Crippen LogP contribution is 2.27. The molecule has 77 valence electrons. The van der Waals surface area contributed by atoms with Crippen LogP contribution in [-0.2, 0) is 11.2 Å². The molecule has 2 heteroatoms. The van der Waals surface area contributed by atoms with Crippen molar-refractivity contribution in [1.29, 1.82) is 0 Å². The summed E-state index contributed by atoms with van der Waals surface area (Å²) in [6.07, 6.45) is 3.54. The number of carbonyl (C=O) groups excluding carboxylic acids is 1. The van der Waals surface area contributed by atoms with E-state index in [0.29, 0.717) is 6.54 Å². The lowest BCUT2D eigenvalue weighted by Crippen LogP contribution is -2.12. The van der Waals surface area contributed by atoms with Gasteiger partial charge < -0.3 is 0 Å². The van der Waals surface area contributed by atoms with E-state index in [1.165, 1.54) is 5.56 Å². The third-order valence-corrected chi connectivity index (χ3v) is 2.78. The van der Waals surface area contributed by atoms with Gasteiger partial charge in [0.2, 0.25) is 5.91 Å². The van der Waals surface area contributed by atoms with Gasteiger partial charge in [-0.1, -0.05) is 30.3 Å². The summed E-state index contributed by atoms with van der Waals surface area (Å²) in [5, 5.41) is 3.93. The van der Waals surface area contributed by atoms with Crippen LogP contribution in [0.1, 0.15) is 23.5 Å². The maximum absolute atomic E-state index is 11.5. The quantitative estimate of drug-likeness (QED) is 0.687. The lowest BCUT2D eigenvalue weighted by atomic mass is 9.91. The molecule has 0 bridgehead atoms. The van der Waals surface area contributed by atoms with Crippen molar-refractivity contribution in [3.8, 4) is 0 Å². The molecule has 0 saturated carbocycles. The van der Waals surface area contributed by atoms with E-state index >= 15 is 0 Å². The van der Waals surface area contributed by atoms with Crippen molar-refractivity contribution in [3.05, 3.63) is 48.0 Å². The van der Waals surface area contributed by atoms with Crippen molar-refractivity contribution >= 4 is 5.91 Å². The predicted octanol–water partition coefficient (Wildman–Crippen LogP) is 2.03. The monoisotopic (exact) mass is 200 g/mol. The van der Waals surface area contributed by atoms with Gasteiger partial charge in [-0.3, -0.25) is 10.1 Å². The molecule has 2 rings (SSSR count). The first-order valence-corrected chi connectivity index (χ1v) is 5.23. The van der Waals surface area contributed by atoms with E-state index in [1.807, 2.05) is 24.3 Å². The fraction of sp³-hybridized carbons (Fsp3) is 0.308. The summed E-state index contributed by atoms with van der Waals surface area (Å²) in [6.45, 7) is 4.41. The van der Waals surface area contributed by atoms with Crippen LogP contribution in [0, 0.1) is 0 Å². The highest BCUT2D eigenvalue weighted by Gasteiger charge is 2.28. The van der Waals surface area contributed by atoms with E-state index in [9.17, 15) is 4.79 Å². The Morgan fingerprint density at radius 1 is 1.47 bits per heavy atom. The molecule has 1 saturated heterocycles. The Hall–Kier alpha value is -1.57. The smallest absolute Gasteiger partial charge is 0.248 e. The second kappa shape index (κ2) is 4.30. The third-order valence-electron chi connectivity index (χ3n) is 2.78. The van der Waals surface area contributed by atoms with Gasteiger partial charge in [0.25, 0.3) is 0 Å². The van der Waals surface area contributed by atoms with Crippen LogP contribution in [0.5, 0.6) is 0 Å². The highest BCUT2D eigenvalue weighted by molar-refractivity contribution is 5.85. The largest absolute Gasteiger partial charge is 0.272 e. The van der Waals surface area contributed by atoms with Crippen LogP contribution in [0.25, 0.3) is 0 Å². The maximum Gasteiger partial charge on any atom is 0.248 e. The molecular weight excluding hydrogens is 186 g/mol. The molecule has 2 nitrogen and oxygen atoms in total. The van der Waals surface area contributed by atoms with Gasteiger partial charge in [-0.25, -0.2) is 0 Å². The SMILES string of the molecule is C=CCc1ccccc1C1CC[N]C1=O. The molecule has 0 aliphatic carbocycles. The zero-order valence-corrected chi connectivity index (χ0v) is 8.65. The van der Waals surface area contributed by atoms with Crippen molar-refractivity contribution in [2.75, 3.05) is 6.54 Å². The summed E-state index contributed by atoms with van der Waals surface area (Å²) in [6, 6.07) is 8.07. The Bertz CT molecular complexity index is 384. The average Bonchev–Trinajstić information content (AvgIpc) is 2.66. The Labute approximate surface area is 90.0 Å². The molecular formula is C13H14NO. The molecule has 0 N–H and O–H groups in total. The minimum absolute atomic E-state index is 0.0128. The molecule has 1 aromatic rings. The number of allylic oxidation sites excluding steroid dienone is 1. The van der Waals surface area contributed by atoms with Gasteiger partial charge in [0.05, 0.1) is 5.92 Å². The van der Waals surface area contributed by atoms with Gasteiger partial charge in [0.15, 0.2) is 0 Å². The van der Waals surface area contributed by atoms with Crippen LogP contribution in [0.4, 0.5) is 0 Å². The minimum atomic E-state index is -0.0128. The zero-order valence-electron chi connectivity index (χ0n) is 8.65. The van der Waals surface area contributed by atoms with Gasteiger partial charge in [0, 0.05) is 6.54 Å². The summed E-state index contributed by atoms with van der Waals surface area (Å²) in [5.41, 5.74) is 2.33. The van der Waals surface area contributed by atoms with Crippen molar-refractivity contribution in [3.63, 3.8) is 0 Å². The fourth-order valence-electron chi connectivity index (χ4n) is 2.04. The molecule has 1 amide bonds. The van der Waals surface area contributed by atoms with E-state index in [-0.39, 0.29) is 11.8 Å². The number of hydrogen-bond donors (Lipinski definition) is 0. The van der Waals surface area contributed by atoms with E-state index in [2.05, 4.69) is 18.0 Å². The lowest BCUT2D eigenvalue weighted by Gasteiger charge is -2.11. The van der Waals surface area contributed by atoms with Crippen LogP contribution in [0.2, 0.25) is 0 Å². The van der Waals surface area contributed by atoms with Gasteiger partial charge in [-0.15, -0.1) is 6.58 Å². The number of nitrogens with zero attached hydrogens (tertiary/aromatic N) is 1.